The van der Waals surface area contributed by atoms with Gasteiger partial charge in [-0.15, -0.1) is 11.3 Å². The second-order valence-electron chi connectivity index (χ2n) is 5.16. The van der Waals surface area contributed by atoms with Gasteiger partial charge in [0, 0.05) is 5.39 Å². The molecule has 0 bridgehead atoms. The summed E-state index contributed by atoms with van der Waals surface area (Å²) in [6, 6.07) is 11.7. The van der Waals surface area contributed by atoms with Crippen LogP contribution in [-0.4, -0.2) is 16.0 Å². The molecule has 0 aliphatic rings. The normalized spacial score (nSPS) is 13.2. The van der Waals surface area contributed by atoms with Gasteiger partial charge in [-0.2, -0.15) is 0 Å². The smallest absolute Gasteiger partial charge is 0.268 e. The van der Waals surface area contributed by atoms with Crippen LogP contribution in [0.25, 0.3) is 10.2 Å². The van der Waals surface area contributed by atoms with E-state index in [1.165, 1.54) is 11.3 Å². The number of hydrogen-bond acceptors (Lipinski definition) is 2. The molecule has 0 aliphatic heterocycles. The minimum absolute atomic E-state index is 0.370. The summed E-state index contributed by atoms with van der Waals surface area (Å²) in [4.78, 5) is 16.3. The molecule has 3 nitrogen and oxygen atoms in total. The highest BCUT2D eigenvalue weighted by Gasteiger charge is 2.33. The fourth-order valence-electron chi connectivity index (χ4n) is 2.32. The van der Waals surface area contributed by atoms with E-state index in [9.17, 15) is 9.18 Å². The Hall–Kier alpha value is -0.990. The topological polar surface area (TPSA) is 44.9 Å². The Balaban J connectivity index is 1.87. The first-order valence-corrected chi connectivity index (χ1v) is 9.10. The Kier molecular flexibility index (Phi) is 4.75. The standard InChI is InChI=1S/C15H14ClFN2OP2S/c16-11-7-9-6-10(18-14(9)23-11)13(20)19-12(15(17,21)22)8-4-2-1-3-5-8/h1-7,12,18H,21-22H2,(H,19,20). The average Bonchev–Trinajstić information content (AvgIpc) is 3.01. The van der Waals surface area contributed by atoms with E-state index in [0.717, 1.165) is 10.2 Å². The lowest BCUT2D eigenvalue weighted by molar-refractivity contribution is 0.0915. The van der Waals surface area contributed by atoms with Crippen molar-refractivity contribution >= 4 is 57.5 Å². The van der Waals surface area contributed by atoms with Crippen LogP contribution in [0.4, 0.5) is 4.39 Å². The van der Waals surface area contributed by atoms with Crippen molar-refractivity contribution in [3.63, 3.8) is 0 Å². The molecule has 23 heavy (non-hydrogen) atoms. The van der Waals surface area contributed by atoms with Crippen LogP contribution in [0.2, 0.25) is 4.34 Å². The van der Waals surface area contributed by atoms with E-state index in [-0.39, 0.29) is 5.91 Å². The molecule has 120 valence electrons. The van der Waals surface area contributed by atoms with Gasteiger partial charge >= 0.3 is 0 Å². The van der Waals surface area contributed by atoms with Gasteiger partial charge in [0.25, 0.3) is 5.91 Å². The SMILES string of the molecule is O=C(NC(c1ccccc1)C(F)(P)P)c1cc2cc(Cl)sc2[nH]1. The third-order valence-corrected chi connectivity index (χ3v) is 5.24. The number of carbonyl (C=O) groups excluding carboxylic acids is 1. The third-order valence-electron chi connectivity index (χ3n) is 3.37. The zero-order chi connectivity index (χ0) is 16.6. The molecular formula is C15H14ClFN2OP2S. The second kappa shape index (κ2) is 6.49. The Bertz CT molecular complexity index is 813. The summed E-state index contributed by atoms with van der Waals surface area (Å²) in [7, 11) is 4.22. The first-order valence-electron chi connectivity index (χ1n) is 6.75. The van der Waals surface area contributed by atoms with E-state index in [2.05, 4.69) is 28.8 Å². The molecule has 0 saturated carbocycles. The second-order valence-corrected chi connectivity index (χ2v) is 9.28. The van der Waals surface area contributed by atoms with Crippen LogP contribution in [-0.2, 0) is 0 Å². The van der Waals surface area contributed by atoms with E-state index < -0.39 is 11.2 Å². The number of benzene rings is 1. The van der Waals surface area contributed by atoms with Crippen molar-refractivity contribution in [2.75, 3.05) is 0 Å². The fourth-order valence-corrected chi connectivity index (χ4v) is 4.00. The van der Waals surface area contributed by atoms with Crippen LogP contribution in [0.15, 0.2) is 42.5 Å². The minimum atomic E-state index is -1.76. The number of halogens is 2. The largest absolute Gasteiger partial charge is 0.342 e. The van der Waals surface area contributed by atoms with E-state index in [1.807, 2.05) is 18.2 Å². The molecule has 2 aromatic heterocycles. The van der Waals surface area contributed by atoms with Gasteiger partial charge in [-0.1, -0.05) is 60.4 Å². The molecule has 3 unspecified atom stereocenters. The lowest BCUT2D eigenvalue weighted by Crippen LogP contribution is -2.36. The highest BCUT2D eigenvalue weighted by atomic mass is 35.5. The molecule has 1 aromatic carbocycles. The van der Waals surface area contributed by atoms with E-state index in [0.29, 0.717) is 15.6 Å². The van der Waals surface area contributed by atoms with Crippen molar-refractivity contribution in [1.29, 1.82) is 0 Å². The lowest BCUT2D eigenvalue weighted by Gasteiger charge is -2.28. The molecule has 3 aromatic rings. The van der Waals surface area contributed by atoms with Crippen LogP contribution in [0.1, 0.15) is 22.1 Å². The van der Waals surface area contributed by atoms with Gasteiger partial charge in [0.2, 0.25) is 0 Å². The Labute approximate surface area is 146 Å². The molecular weight excluding hydrogens is 373 g/mol. The molecule has 0 radical (unpaired) electrons. The molecule has 3 rings (SSSR count). The summed E-state index contributed by atoms with van der Waals surface area (Å²) in [5, 5.41) is 1.85. The highest BCUT2D eigenvalue weighted by Crippen LogP contribution is 2.41. The molecule has 1 amide bonds. The highest BCUT2D eigenvalue weighted by molar-refractivity contribution is 7.39. The summed E-state index contributed by atoms with van der Waals surface area (Å²) in [5.74, 6) is -0.370. The number of rotatable bonds is 4. The predicted octanol–water partition coefficient (Wildman–Crippen LogP) is 4.73. The maximum atomic E-state index is 14.5. The number of alkyl halides is 1. The zero-order valence-corrected chi connectivity index (χ0v) is 15.7. The summed E-state index contributed by atoms with van der Waals surface area (Å²) in [6.07, 6.45) is 0. The van der Waals surface area contributed by atoms with Crippen LogP contribution < -0.4 is 5.32 Å². The summed E-state index contributed by atoms with van der Waals surface area (Å²) < 4.78 is 15.1. The maximum absolute atomic E-state index is 14.5. The van der Waals surface area contributed by atoms with Crippen LogP contribution in [0.5, 0.6) is 0 Å². The van der Waals surface area contributed by atoms with Gasteiger partial charge < -0.3 is 10.3 Å². The van der Waals surface area contributed by atoms with Crippen molar-refractivity contribution in [3.05, 3.63) is 58.1 Å². The van der Waals surface area contributed by atoms with Crippen molar-refractivity contribution in [2.24, 2.45) is 0 Å². The average molecular weight is 387 g/mol. The number of thiophene rings is 1. The third kappa shape index (κ3) is 3.75. The number of hydrogen-bond donors (Lipinski definition) is 2. The Morgan fingerprint density at radius 3 is 2.61 bits per heavy atom. The number of fused-ring (bicyclic) bond motifs is 1. The van der Waals surface area contributed by atoms with Gasteiger partial charge in [0.1, 0.15) is 10.5 Å². The quantitative estimate of drug-likeness (QED) is 0.626. The number of nitrogens with one attached hydrogen (secondary N) is 2. The van der Waals surface area contributed by atoms with Gasteiger partial charge in [-0.3, -0.25) is 4.79 Å². The van der Waals surface area contributed by atoms with E-state index >= 15 is 0 Å². The number of amides is 1. The van der Waals surface area contributed by atoms with Gasteiger partial charge in [0.05, 0.1) is 10.4 Å². The predicted molar refractivity (Wildman–Crippen MR) is 101 cm³/mol. The van der Waals surface area contributed by atoms with Gasteiger partial charge in [-0.05, 0) is 17.7 Å². The maximum Gasteiger partial charge on any atom is 0.268 e. The Morgan fingerprint density at radius 2 is 2.00 bits per heavy atom. The van der Waals surface area contributed by atoms with Crippen molar-refractivity contribution < 1.29 is 9.18 Å². The molecule has 0 saturated heterocycles. The fraction of sp³-hybridized carbons (Fsp3) is 0.133. The first kappa shape index (κ1) is 16.9. The van der Waals surface area contributed by atoms with Crippen molar-refractivity contribution in [1.82, 2.24) is 10.3 Å². The molecule has 2 heterocycles. The first-order chi connectivity index (χ1) is 10.8. The van der Waals surface area contributed by atoms with Crippen LogP contribution in [0, 0.1) is 0 Å². The monoisotopic (exact) mass is 386 g/mol. The summed E-state index contributed by atoms with van der Waals surface area (Å²) in [6.45, 7) is 0. The minimum Gasteiger partial charge on any atom is -0.342 e. The van der Waals surface area contributed by atoms with Crippen molar-refractivity contribution in [2.45, 2.75) is 11.2 Å². The van der Waals surface area contributed by atoms with Gasteiger partial charge in [-0.25, -0.2) is 4.39 Å². The van der Waals surface area contributed by atoms with E-state index in [4.69, 9.17) is 11.6 Å². The molecule has 0 aliphatic carbocycles. The van der Waals surface area contributed by atoms with Gasteiger partial charge in [0.15, 0.2) is 5.15 Å². The molecule has 2 N–H and O–H groups in total. The number of aromatic amines is 1. The molecule has 8 heteroatoms. The van der Waals surface area contributed by atoms with Crippen LogP contribution in [0.3, 0.4) is 0 Å². The summed E-state index contributed by atoms with van der Waals surface area (Å²) in [5.41, 5.74) is 1.06. The number of aromatic nitrogens is 1. The molecule has 0 fully saturated rings. The lowest BCUT2D eigenvalue weighted by atomic mass is 10.1. The molecule has 0 spiro atoms. The summed E-state index contributed by atoms with van der Waals surface area (Å²) >= 11 is 7.28. The zero-order valence-electron chi connectivity index (χ0n) is 11.8. The number of carbonyl (C=O) groups is 1. The van der Waals surface area contributed by atoms with E-state index in [1.54, 1.807) is 24.3 Å². The molecule has 3 atom stereocenters. The number of H-pyrrole nitrogens is 1. The van der Waals surface area contributed by atoms with Crippen molar-refractivity contribution in [3.8, 4) is 0 Å². The Morgan fingerprint density at radius 1 is 1.30 bits per heavy atom. The van der Waals surface area contributed by atoms with Crippen LogP contribution >= 0.6 is 41.4 Å².